The van der Waals surface area contributed by atoms with Crippen molar-refractivity contribution in [2.24, 2.45) is 0 Å². The lowest BCUT2D eigenvalue weighted by Gasteiger charge is -2.09. The number of aliphatic hydroxyl groups excluding tert-OH is 1. The van der Waals surface area contributed by atoms with Gasteiger partial charge in [-0.1, -0.05) is 35.9 Å². The van der Waals surface area contributed by atoms with Crippen LogP contribution in [-0.2, 0) is 13.2 Å². The highest BCUT2D eigenvalue weighted by Gasteiger charge is 1.99. The van der Waals surface area contributed by atoms with Crippen molar-refractivity contribution < 1.29 is 9.84 Å². The van der Waals surface area contributed by atoms with E-state index in [1.807, 2.05) is 36.4 Å². The lowest BCUT2D eigenvalue weighted by Crippen LogP contribution is -2.23. The highest BCUT2D eigenvalue weighted by atomic mass is 35.5. The van der Waals surface area contributed by atoms with Crippen molar-refractivity contribution in [1.82, 2.24) is 10.6 Å². The Morgan fingerprint density at radius 2 is 1.71 bits per heavy atom. The van der Waals surface area contributed by atoms with Gasteiger partial charge in [-0.25, -0.2) is 0 Å². The second kappa shape index (κ2) is 11.0. The predicted molar refractivity (Wildman–Crippen MR) is 98.5 cm³/mol. The number of rotatable bonds is 11. The summed E-state index contributed by atoms with van der Waals surface area (Å²) in [6, 6.07) is 15.8. The van der Waals surface area contributed by atoms with Gasteiger partial charge >= 0.3 is 0 Å². The Hall–Kier alpha value is -1.59. The average Bonchev–Trinajstić information content (AvgIpc) is 2.60. The molecule has 0 aliphatic heterocycles. The monoisotopic (exact) mass is 348 g/mol. The molecule has 0 saturated heterocycles. The van der Waals surface area contributed by atoms with Gasteiger partial charge in [0.1, 0.15) is 12.4 Å². The van der Waals surface area contributed by atoms with Crippen LogP contribution in [0.5, 0.6) is 5.75 Å². The van der Waals surface area contributed by atoms with Crippen LogP contribution in [-0.4, -0.2) is 31.3 Å². The van der Waals surface area contributed by atoms with Crippen LogP contribution < -0.4 is 15.4 Å². The Kier molecular flexibility index (Phi) is 8.63. The fourth-order valence-electron chi connectivity index (χ4n) is 2.31. The molecule has 130 valence electrons. The molecule has 2 rings (SSSR count). The zero-order valence-corrected chi connectivity index (χ0v) is 14.6. The second-order valence-corrected chi connectivity index (χ2v) is 6.01. The standard InChI is InChI=1S/C19H25ClN2O2/c20-18-6-1-5-17(12-18)15-24-19-7-2-4-16(13-19)14-22-9-3-8-21-10-11-23/h1-2,4-7,12-13,21-23H,3,8-11,14-15H2. The quantitative estimate of drug-likeness (QED) is 0.546. The maximum absolute atomic E-state index is 8.68. The molecule has 0 aliphatic carbocycles. The van der Waals surface area contributed by atoms with E-state index in [9.17, 15) is 0 Å². The molecule has 4 nitrogen and oxygen atoms in total. The lowest BCUT2D eigenvalue weighted by atomic mass is 10.2. The van der Waals surface area contributed by atoms with E-state index < -0.39 is 0 Å². The number of hydrogen-bond donors (Lipinski definition) is 3. The third-order valence-electron chi connectivity index (χ3n) is 3.52. The van der Waals surface area contributed by atoms with Gasteiger partial charge in [-0.05, 0) is 54.9 Å². The van der Waals surface area contributed by atoms with Crippen molar-refractivity contribution in [2.45, 2.75) is 19.6 Å². The minimum Gasteiger partial charge on any atom is -0.489 e. The lowest BCUT2D eigenvalue weighted by molar-refractivity contribution is 0.292. The largest absolute Gasteiger partial charge is 0.489 e. The Morgan fingerprint density at radius 1 is 0.917 bits per heavy atom. The van der Waals surface area contributed by atoms with E-state index in [2.05, 4.69) is 22.8 Å². The second-order valence-electron chi connectivity index (χ2n) is 5.57. The number of aliphatic hydroxyl groups is 1. The Morgan fingerprint density at radius 3 is 2.54 bits per heavy atom. The molecule has 3 N–H and O–H groups in total. The highest BCUT2D eigenvalue weighted by molar-refractivity contribution is 6.30. The summed E-state index contributed by atoms with van der Waals surface area (Å²) in [5.41, 5.74) is 2.25. The summed E-state index contributed by atoms with van der Waals surface area (Å²) in [6.45, 7) is 4.02. The van der Waals surface area contributed by atoms with Crippen molar-refractivity contribution in [3.8, 4) is 5.75 Å². The molecule has 5 heteroatoms. The molecule has 0 saturated carbocycles. The van der Waals surface area contributed by atoms with Gasteiger partial charge in [0.15, 0.2) is 0 Å². The fraction of sp³-hybridized carbons (Fsp3) is 0.368. The third kappa shape index (κ3) is 7.32. The summed E-state index contributed by atoms with van der Waals surface area (Å²) in [5.74, 6) is 0.860. The number of benzene rings is 2. The van der Waals surface area contributed by atoms with E-state index in [0.717, 1.165) is 42.4 Å². The van der Waals surface area contributed by atoms with Crippen LogP contribution in [0.15, 0.2) is 48.5 Å². The highest BCUT2D eigenvalue weighted by Crippen LogP contribution is 2.17. The molecule has 0 unspecified atom stereocenters. The van der Waals surface area contributed by atoms with E-state index in [1.54, 1.807) is 0 Å². The third-order valence-corrected chi connectivity index (χ3v) is 3.75. The smallest absolute Gasteiger partial charge is 0.120 e. The summed E-state index contributed by atoms with van der Waals surface area (Å²) in [7, 11) is 0. The van der Waals surface area contributed by atoms with Crippen LogP contribution >= 0.6 is 11.6 Å². The Balaban J connectivity index is 1.71. The predicted octanol–water partition coefficient (Wildman–Crippen LogP) is 2.98. The SMILES string of the molecule is OCCNCCCNCc1cccc(OCc2cccc(Cl)c2)c1. The molecule has 0 aliphatic rings. The summed E-state index contributed by atoms with van der Waals surface area (Å²) in [4.78, 5) is 0. The number of ether oxygens (including phenoxy) is 1. The summed E-state index contributed by atoms with van der Waals surface area (Å²) < 4.78 is 5.84. The summed E-state index contributed by atoms with van der Waals surface area (Å²) in [5, 5.41) is 16.0. The zero-order valence-electron chi connectivity index (χ0n) is 13.8. The Labute approximate surface area is 148 Å². The van der Waals surface area contributed by atoms with Gasteiger partial charge in [0.25, 0.3) is 0 Å². The minimum atomic E-state index is 0.190. The first kappa shape index (κ1) is 18.7. The van der Waals surface area contributed by atoms with Crippen LogP contribution in [0.2, 0.25) is 5.02 Å². The van der Waals surface area contributed by atoms with Crippen LogP contribution in [0.4, 0.5) is 0 Å². The van der Waals surface area contributed by atoms with E-state index in [4.69, 9.17) is 21.4 Å². The number of nitrogens with one attached hydrogen (secondary N) is 2. The first-order valence-corrected chi connectivity index (χ1v) is 8.64. The minimum absolute atomic E-state index is 0.190. The van der Waals surface area contributed by atoms with Crippen LogP contribution in [0.3, 0.4) is 0 Å². The molecule has 0 heterocycles. The van der Waals surface area contributed by atoms with Gasteiger partial charge in [0.05, 0.1) is 6.61 Å². The molecule has 0 spiro atoms. The van der Waals surface area contributed by atoms with Gasteiger partial charge in [-0.3, -0.25) is 0 Å². The molecule has 2 aromatic carbocycles. The van der Waals surface area contributed by atoms with Crippen molar-refractivity contribution >= 4 is 11.6 Å². The van der Waals surface area contributed by atoms with Gasteiger partial charge in [-0.15, -0.1) is 0 Å². The fourth-order valence-corrected chi connectivity index (χ4v) is 2.53. The van der Waals surface area contributed by atoms with Crippen molar-refractivity contribution in [3.05, 3.63) is 64.7 Å². The molecule has 0 bridgehead atoms. The molecule has 0 aromatic heterocycles. The van der Waals surface area contributed by atoms with Crippen LogP contribution in [0, 0.1) is 0 Å². The van der Waals surface area contributed by atoms with Gasteiger partial charge in [0.2, 0.25) is 0 Å². The normalized spacial score (nSPS) is 10.8. The van der Waals surface area contributed by atoms with Gasteiger partial charge in [0, 0.05) is 18.1 Å². The average molecular weight is 349 g/mol. The topological polar surface area (TPSA) is 53.5 Å². The molecule has 0 radical (unpaired) electrons. The van der Waals surface area contributed by atoms with E-state index in [-0.39, 0.29) is 6.61 Å². The summed E-state index contributed by atoms with van der Waals surface area (Å²) in [6.07, 6.45) is 1.03. The number of halogens is 1. The molecule has 0 fully saturated rings. The maximum Gasteiger partial charge on any atom is 0.120 e. The molecule has 24 heavy (non-hydrogen) atoms. The molecule has 0 amide bonds. The molecular weight excluding hydrogens is 324 g/mol. The van der Waals surface area contributed by atoms with E-state index in [0.29, 0.717) is 13.2 Å². The number of hydrogen-bond acceptors (Lipinski definition) is 4. The van der Waals surface area contributed by atoms with Gasteiger partial charge < -0.3 is 20.5 Å². The Bertz CT molecular complexity index is 607. The first-order valence-electron chi connectivity index (χ1n) is 8.26. The summed E-state index contributed by atoms with van der Waals surface area (Å²) >= 11 is 5.98. The first-order chi connectivity index (χ1) is 11.8. The van der Waals surface area contributed by atoms with Gasteiger partial charge in [-0.2, -0.15) is 0 Å². The van der Waals surface area contributed by atoms with Crippen molar-refractivity contribution in [3.63, 3.8) is 0 Å². The van der Waals surface area contributed by atoms with Crippen molar-refractivity contribution in [1.29, 1.82) is 0 Å². The molecular formula is C19H25ClN2O2. The molecule has 0 atom stereocenters. The van der Waals surface area contributed by atoms with Crippen LogP contribution in [0.25, 0.3) is 0 Å². The van der Waals surface area contributed by atoms with Crippen molar-refractivity contribution in [2.75, 3.05) is 26.2 Å². The molecule has 2 aromatic rings. The maximum atomic E-state index is 8.68. The van der Waals surface area contributed by atoms with E-state index in [1.165, 1.54) is 5.56 Å². The van der Waals surface area contributed by atoms with E-state index >= 15 is 0 Å². The zero-order chi connectivity index (χ0) is 17.0. The van der Waals surface area contributed by atoms with Crippen LogP contribution in [0.1, 0.15) is 17.5 Å².